The molecule has 1 N–H and O–H groups in total. The summed E-state index contributed by atoms with van der Waals surface area (Å²) in [4.78, 5) is 0.262. The van der Waals surface area contributed by atoms with Gasteiger partial charge in [-0.25, -0.2) is 13.1 Å². The van der Waals surface area contributed by atoms with Crippen molar-refractivity contribution in [1.82, 2.24) is 4.72 Å². The van der Waals surface area contributed by atoms with Gasteiger partial charge in [-0.2, -0.15) is 0 Å². The van der Waals surface area contributed by atoms with Crippen LogP contribution in [0.2, 0.25) is 5.02 Å². The molecule has 2 aromatic rings. The van der Waals surface area contributed by atoms with Gasteiger partial charge in [-0.15, -0.1) is 0 Å². The first-order chi connectivity index (χ1) is 10.2. The first-order valence-electron chi connectivity index (χ1n) is 6.75. The summed E-state index contributed by atoms with van der Waals surface area (Å²) in [6.07, 6.45) is 0. The molecule has 2 rings (SSSR count). The van der Waals surface area contributed by atoms with Gasteiger partial charge in [0.25, 0.3) is 0 Å². The lowest BCUT2D eigenvalue weighted by atomic mass is 10.1. The Kier molecular flexibility index (Phi) is 5.33. The van der Waals surface area contributed by atoms with Crippen molar-refractivity contribution in [2.45, 2.75) is 31.7 Å². The summed E-state index contributed by atoms with van der Waals surface area (Å²) in [5.74, 6) is 0. The van der Waals surface area contributed by atoms with E-state index in [0.717, 1.165) is 15.6 Å². The molecule has 0 bridgehead atoms. The molecule has 0 saturated carbocycles. The Morgan fingerprint density at radius 1 is 1.09 bits per heavy atom. The van der Waals surface area contributed by atoms with E-state index in [2.05, 4.69) is 20.7 Å². The molecular weight excluding hydrogens is 386 g/mol. The Morgan fingerprint density at radius 2 is 1.68 bits per heavy atom. The van der Waals surface area contributed by atoms with E-state index >= 15 is 0 Å². The average Bonchev–Trinajstić information content (AvgIpc) is 2.42. The lowest BCUT2D eigenvalue weighted by Crippen LogP contribution is -2.27. The molecule has 0 heterocycles. The molecule has 2 aromatic carbocycles. The van der Waals surface area contributed by atoms with Crippen molar-refractivity contribution in [3.63, 3.8) is 0 Å². The van der Waals surface area contributed by atoms with E-state index < -0.39 is 10.0 Å². The van der Waals surface area contributed by atoms with Gasteiger partial charge in [0, 0.05) is 15.5 Å². The van der Waals surface area contributed by atoms with Crippen molar-refractivity contribution < 1.29 is 8.42 Å². The van der Waals surface area contributed by atoms with Crippen LogP contribution < -0.4 is 4.72 Å². The van der Waals surface area contributed by atoms with Gasteiger partial charge >= 0.3 is 0 Å². The van der Waals surface area contributed by atoms with E-state index in [1.165, 1.54) is 0 Å². The third-order valence-corrected chi connectivity index (χ3v) is 6.07. The Morgan fingerprint density at radius 3 is 2.27 bits per heavy atom. The fourth-order valence-corrected chi connectivity index (χ4v) is 4.19. The summed E-state index contributed by atoms with van der Waals surface area (Å²) in [6.45, 7) is 5.35. The minimum Gasteiger partial charge on any atom is -0.207 e. The predicted octanol–water partition coefficient (Wildman–Crippen LogP) is 4.76. The molecule has 0 amide bonds. The van der Waals surface area contributed by atoms with Crippen LogP contribution in [0.3, 0.4) is 0 Å². The number of aryl methyl sites for hydroxylation is 2. The van der Waals surface area contributed by atoms with Gasteiger partial charge < -0.3 is 0 Å². The first kappa shape index (κ1) is 17.5. The minimum absolute atomic E-state index is 0.262. The molecule has 118 valence electrons. The van der Waals surface area contributed by atoms with Gasteiger partial charge in [0.2, 0.25) is 10.0 Å². The number of nitrogens with one attached hydrogen (secondary N) is 1. The van der Waals surface area contributed by atoms with Crippen LogP contribution in [0.4, 0.5) is 0 Å². The van der Waals surface area contributed by atoms with Crippen molar-refractivity contribution in [1.29, 1.82) is 0 Å². The zero-order valence-electron chi connectivity index (χ0n) is 12.5. The SMILES string of the molecule is Cc1cc(S(=O)(=O)NC(C)c2ccc(Br)cc2)c(C)cc1Cl. The van der Waals surface area contributed by atoms with E-state index in [1.54, 1.807) is 26.0 Å². The van der Waals surface area contributed by atoms with E-state index in [4.69, 9.17) is 11.6 Å². The Labute approximate surface area is 144 Å². The fourth-order valence-electron chi connectivity index (χ4n) is 2.16. The molecule has 22 heavy (non-hydrogen) atoms. The summed E-state index contributed by atoms with van der Waals surface area (Å²) in [5, 5.41) is 0.567. The van der Waals surface area contributed by atoms with E-state index in [0.29, 0.717) is 10.6 Å². The lowest BCUT2D eigenvalue weighted by molar-refractivity contribution is 0.566. The third kappa shape index (κ3) is 3.90. The van der Waals surface area contributed by atoms with E-state index in [-0.39, 0.29) is 10.9 Å². The standard InChI is InChI=1S/C16H17BrClNO2S/c1-10-9-16(11(2)8-15(10)18)22(20,21)19-12(3)13-4-6-14(17)7-5-13/h4-9,12,19H,1-3H3. The first-order valence-corrected chi connectivity index (χ1v) is 9.40. The summed E-state index contributed by atoms with van der Waals surface area (Å²) < 4.78 is 28.9. The molecule has 0 saturated heterocycles. The van der Waals surface area contributed by atoms with Crippen molar-refractivity contribution in [2.24, 2.45) is 0 Å². The third-order valence-electron chi connectivity index (χ3n) is 3.45. The van der Waals surface area contributed by atoms with Crippen LogP contribution >= 0.6 is 27.5 Å². The number of halogens is 2. The van der Waals surface area contributed by atoms with Gasteiger partial charge in [-0.05, 0) is 61.7 Å². The lowest BCUT2D eigenvalue weighted by Gasteiger charge is -2.16. The number of hydrogen-bond acceptors (Lipinski definition) is 2. The van der Waals surface area contributed by atoms with Gasteiger partial charge in [0.1, 0.15) is 0 Å². The normalized spacial score (nSPS) is 13.1. The van der Waals surface area contributed by atoms with E-state index in [9.17, 15) is 8.42 Å². The van der Waals surface area contributed by atoms with Gasteiger partial charge in [-0.1, -0.05) is 39.7 Å². The minimum atomic E-state index is -3.61. The second-order valence-electron chi connectivity index (χ2n) is 5.26. The maximum Gasteiger partial charge on any atom is 0.241 e. The van der Waals surface area contributed by atoms with Gasteiger partial charge in [0.05, 0.1) is 4.90 Å². The van der Waals surface area contributed by atoms with Crippen LogP contribution in [-0.2, 0) is 10.0 Å². The predicted molar refractivity (Wildman–Crippen MR) is 93.8 cm³/mol. The maximum absolute atomic E-state index is 12.6. The Bertz CT molecular complexity index is 789. The van der Waals surface area contributed by atoms with Crippen LogP contribution in [-0.4, -0.2) is 8.42 Å². The van der Waals surface area contributed by atoms with Crippen molar-refractivity contribution in [3.8, 4) is 0 Å². The van der Waals surface area contributed by atoms with Crippen LogP contribution in [0.5, 0.6) is 0 Å². The van der Waals surface area contributed by atoms with Gasteiger partial charge in [-0.3, -0.25) is 0 Å². The largest absolute Gasteiger partial charge is 0.241 e. The molecule has 1 atom stereocenters. The molecule has 0 aliphatic carbocycles. The van der Waals surface area contributed by atoms with Crippen LogP contribution in [0, 0.1) is 13.8 Å². The fraction of sp³-hybridized carbons (Fsp3) is 0.250. The Balaban J connectivity index is 2.31. The summed E-state index contributed by atoms with van der Waals surface area (Å²) in [7, 11) is -3.61. The number of benzene rings is 2. The second kappa shape index (κ2) is 6.71. The summed E-state index contributed by atoms with van der Waals surface area (Å²) in [5.41, 5.74) is 2.27. The number of hydrogen-bond donors (Lipinski definition) is 1. The summed E-state index contributed by atoms with van der Waals surface area (Å²) in [6, 6.07) is 10.5. The number of rotatable bonds is 4. The highest BCUT2D eigenvalue weighted by Crippen LogP contribution is 2.25. The molecule has 0 aliphatic heterocycles. The highest BCUT2D eigenvalue weighted by atomic mass is 79.9. The topological polar surface area (TPSA) is 46.2 Å². The Hall–Kier alpha value is -0.880. The highest BCUT2D eigenvalue weighted by molar-refractivity contribution is 9.10. The molecule has 0 aromatic heterocycles. The molecule has 0 radical (unpaired) electrons. The molecule has 3 nitrogen and oxygen atoms in total. The number of sulfonamides is 1. The zero-order valence-corrected chi connectivity index (χ0v) is 15.7. The van der Waals surface area contributed by atoms with Crippen LogP contribution in [0.1, 0.15) is 29.7 Å². The second-order valence-corrected chi connectivity index (χ2v) is 8.27. The van der Waals surface area contributed by atoms with Gasteiger partial charge in [0.15, 0.2) is 0 Å². The smallest absolute Gasteiger partial charge is 0.207 e. The maximum atomic E-state index is 12.6. The summed E-state index contributed by atoms with van der Waals surface area (Å²) >= 11 is 9.40. The molecule has 1 unspecified atom stereocenters. The molecule has 0 fully saturated rings. The van der Waals surface area contributed by atoms with Crippen molar-refractivity contribution in [2.75, 3.05) is 0 Å². The van der Waals surface area contributed by atoms with Crippen LogP contribution in [0.25, 0.3) is 0 Å². The highest BCUT2D eigenvalue weighted by Gasteiger charge is 2.21. The monoisotopic (exact) mass is 401 g/mol. The van der Waals surface area contributed by atoms with E-state index in [1.807, 2.05) is 31.2 Å². The molecular formula is C16H17BrClNO2S. The van der Waals surface area contributed by atoms with Crippen LogP contribution in [0.15, 0.2) is 45.8 Å². The molecule has 6 heteroatoms. The van der Waals surface area contributed by atoms with Crippen molar-refractivity contribution >= 4 is 37.6 Å². The quantitative estimate of drug-likeness (QED) is 0.801. The zero-order chi connectivity index (χ0) is 16.5. The molecule has 0 spiro atoms. The molecule has 0 aliphatic rings. The van der Waals surface area contributed by atoms with Crippen molar-refractivity contribution in [3.05, 3.63) is 62.6 Å². The average molecular weight is 403 g/mol.